The summed E-state index contributed by atoms with van der Waals surface area (Å²) >= 11 is 0. The molecule has 9 atom stereocenters. The summed E-state index contributed by atoms with van der Waals surface area (Å²) < 4.78 is 17.0. The van der Waals surface area contributed by atoms with Crippen LogP contribution in [0.3, 0.4) is 0 Å². The van der Waals surface area contributed by atoms with E-state index in [1.54, 1.807) is 13.8 Å². The van der Waals surface area contributed by atoms with E-state index in [4.69, 9.17) is 0 Å². The highest BCUT2D eigenvalue weighted by atomic mass is 19.1. The van der Waals surface area contributed by atoms with E-state index in [9.17, 15) is 30.0 Å². The van der Waals surface area contributed by atoms with Gasteiger partial charge in [-0.3, -0.25) is 9.59 Å². The number of ketones is 2. The third-order valence-corrected chi connectivity index (χ3v) is 8.76. The van der Waals surface area contributed by atoms with Crippen LogP contribution >= 0.6 is 0 Å². The van der Waals surface area contributed by atoms with Gasteiger partial charge < -0.3 is 20.4 Å². The van der Waals surface area contributed by atoms with Crippen molar-refractivity contribution in [3.8, 4) is 0 Å². The van der Waals surface area contributed by atoms with Crippen molar-refractivity contribution in [2.45, 2.75) is 63.5 Å². The van der Waals surface area contributed by atoms with Crippen LogP contribution in [0.15, 0.2) is 23.8 Å². The Morgan fingerprint density at radius 3 is 2.48 bits per heavy atom. The van der Waals surface area contributed by atoms with Gasteiger partial charge in [-0.2, -0.15) is 0 Å². The molecule has 4 N–H and O–H groups in total. The fourth-order valence-electron chi connectivity index (χ4n) is 7.24. The molecule has 2 unspecified atom stereocenters. The maximum absolute atomic E-state index is 17.0. The number of rotatable bonds is 2. The van der Waals surface area contributed by atoms with E-state index < -0.39 is 58.5 Å². The van der Waals surface area contributed by atoms with Crippen molar-refractivity contribution in [3.05, 3.63) is 23.8 Å². The highest BCUT2D eigenvalue weighted by molar-refractivity contribution is 6.01. The minimum Gasteiger partial charge on any atom is -0.390 e. The van der Waals surface area contributed by atoms with Crippen molar-refractivity contribution in [1.29, 1.82) is 0 Å². The molecule has 6 nitrogen and oxygen atoms in total. The van der Waals surface area contributed by atoms with Gasteiger partial charge in [0.15, 0.2) is 22.8 Å². The molecular weight excluding hydrogens is 379 g/mol. The van der Waals surface area contributed by atoms with Gasteiger partial charge in [0.25, 0.3) is 0 Å². The zero-order valence-electron chi connectivity index (χ0n) is 16.9. The van der Waals surface area contributed by atoms with Crippen molar-refractivity contribution in [2.24, 2.45) is 28.6 Å². The highest BCUT2D eigenvalue weighted by Crippen LogP contribution is 2.70. The number of hydrogen-bond donors (Lipinski definition) is 4. The zero-order valence-corrected chi connectivity index (χ0v) is 16.9. The van der Waals surface area contributed by atoms with Crippen molar-refractivity contribution in [2.75, 3.05) is 6.61 Å². The van der Waals surface area contributed by atoms with Gasteiger partial charge in [0.2, 0.25) is 0 Å². The van der Waals surface area contributed by atoms with Gasteiger partial charge in [0.05, 0.1) is 12.2 Å². The van der Waals surface area contributed by atoms with E-state index in [1.807, 2.05) is 6.92 Å². The third kappa shape index (κ3) is 2.19. The molecule has 0 bridgehead atoms. The lowest BCUT2D eigenvalue weighted by Crippen LogP contribution is -2.70. The van der Waals surface area contributed by atoms with Crippen molar-refractivity contribution in [1.82, 2.24) is 0 Å². The number of carbonyl (C=O) groups is 2. The predicted molar refractivity (Wildman–Crippen MR) is 101 cm³/mol. The van der Waals surface area contributed by atoms with Gasteiger partial charge in [0.1, 0.15) is 6.61 Å². The van der Waals surface area contributed by atoms with Crippen LogP contribution in [0.1, 0.15) is 40.0 Å². The first-order valence-electron chi connectivity index (χ1n) is 10.2. The van der Waals surface area contributed by atoms with E-state index >= 15 is 4.39 Å². The molecule has 7 heteroatoms. The lowest BCUT2D eigenvalue weighted by atomic mass is 9.43. The topological polar surface area (TPSA) is 115 Å². The quantitative estimate of drug-likeness (QED) is 0.539. The first-order chi connectivity index (χ1) is 13.4. The number of Topliss-reactive ketones (excluding diaryl/α,β-unsaturated/α-hetero) is 1. The van der Waals surface area contributed by atoms with E-state index in [2.05, 4.69) is 0 Å². The Morgan fingerprint density at radius 1 is 1.21 bits per heavy atom. The van der Waals surface area contributed by atoms with Crippen LogP contribution in [0.25, 0.3) is 0 Å². The van der Waals surface area contributed by atoms with E-state index in [0.717, 1.165) is 0 Å². The van der Waals surface area contributed by atoms with Gasteiger partial charge in [-0.15, -0.1) is 0 Å². The first-order valence-corrected chi connectivity index (χ1v) is 10.2. The molecule has 0 aromatic carbocycles. The fraction of sp³-hybridized carbons (Fsp3) is 0.727. The number of fused-ring (bicyclic) bond motifs is 5. The first kappa shape index (κ1) is 20.8. The smallest absolute Gasteiger partial charge is 0.192 e. The molecule has 4 aliphatic carbocycles. The van der Waals surface area contributed by atoms with Crippen LogP contribution in [0.5, 0.6) is 0 Å². The second-order valence-corrected chi connectivity index (χ2v) is 9.89. The van der Waals surface area contributed by atoms with Crippen LogP contribution in [0, 0.1) is 28.6 Å². The average Bonchev–Trinajstić information content (AvgIpc) is 2.86. The van der Waals surface area contributed by atoms with Crippen LogP contribution in [0.2, 0.25) is 0 Å². The molecule has 3 saturated carbocycles. The fourth-order valence-corrected chi connectivity index (χ4v) is 7.24. The molecule has 4 aliphatic rings. The Morgan fingerprint density at radius 2 is 1.86 bits per heavy atom. The molecule has 0 aromatic rings. The van der Waals surface area contributed by atoms with Crippen LogP contribution < -0.4 is 0 Å². The lowest BCUT2D eigenvalue weighted by Gasteiger charge is -2.63. The number of aliphatic hydroxyl groups excluding tert-OH is 3. The lowest BCUT2D eigenvalue weighted by molar-refractivity contribution is -0.225. The Labute approximate surface area is 169 Å². The largest absolute Gasteiger partial charge is 0.390 e. The minimum atomic E-state index is -2.24. The second-order valence-electron chi connectivity index (χ2n) is 9.89. The molecule has 4 rings (SSSR count). The van der Waals surface area contributed by atoms with Crippen molar-refractivity contribution < 1.29 is 34.4 Å². The number of allylic oxidation sites excluding steroid dienone is 4. The minimum absolute atomic E-state index is 0.00624. The average molecular weight is 408 g/mol. The Hall–Kier alpha value is -1.41. The summed E-state index contributed by atoms with van der Waals surface area (Å²) in [7, 11) is 0. The van der Waals surface area contributed by atoms with E-state index in [0.29, 0.717) is 12.0 Å². The summed E-state index contributed by atoms with van der Waals surface area (Å²) in [6.45, 7) is 4.25. The van der Waals surface area contributed by atoms with Crippen molar-refractivity contribution >= 4 is 11.6 Å². The van der Waals surface area contributed by atoms with Gasteiger partial charge >= 0.3 is 0 Å². The summed E-state index contributed by atoms with van der Waals surface area (Å²) in [4.78, 5) is 24.4. The molecule has 160 valence electrons. The SMILES string of the molecule is CC1C[C@H]2[C@@H]3C[C@@H](O)C(O)(C(=O)CO)[C@@]3(C)C[C@H](O)[C@]2(F)[C@@]2(C)C=CC(=O)C=C12. The summed E-state index contributed by atoms with van der Waals surface area (Å²) in [5.74, 6) is -2.57. The summed E-state index contributed by atoms with van der Waals surface area (Å²) in [5, 5.41) is 42.4. The Bertz CT molecular complexity index is 837. The molecule has 0 spiro atoms. The number of aliphatic hydroxyl groups is 4. The van der Waals surface area contributed by atoms with Crippen LogP contribution in [0.4, 0.5) is 4.39 Å². The van der Waals surface area contributed by atoms with Gasteiger partial charge in [-0.05, 0) is 50.2 Å². The molecule has 0 aliphatic heterocycles. The molecular formula is C22H29FO6. The molecule has 3 fully saturated rings. The second kappa shape index (κ2) is 6.06. The molecule has 0 saturated heterocycles. The van der Waals surface area contributed by atoms with Gasteiger partial charge in [0, 0.05) is 16.7 Å². The van der Waals surface area contributed by atoms with Crippen LogP contribution in [-0.2, 0) is 9.59 Å². The van der Waals surface area contributed by atoms with Crippen LogP contribution in [-0.4, -0.2) is 62.1 Å². The maximum Gasteiger partial charge on any atom is 0.192 e. The predicted octanol–water partition coefficient (Wildman–Crippen LogP) is 0.866. The molecule has 0 amide bonds. The van der Waals surface area contributed by atoms with Gasteiger partial charge in [-0.25, -0.2) is 4.39 Å². The summed E-state index contributed by atoms with van der Waals surface area (Å²) in [5.41, 5.74) is -6.19. The third-order valence-electron chi connectivity index (χ3n) is 8.76. The summed E-state index contributed by atoms with van der Waals surface area (Å²) in [6, 6.07) is 0. The highest BCUT2D eigenvalue weighted by Gasteiger charge is 2.76. The monoisotopic (exact) mass is 408 g/mol. The number of alkyl halides is 1. The molecule has 0 heterocycles. The summed E-state index contributed by atoms with van der Waals surface area (Å²) in [6.07, 6.45) is 1.45. The standard InChI is InChI=1S/C22H29FO6/c1-11-6-15-14-8-16(26)22(29,18(28)10-24)20(14,3)9-17(27)21(15,23)19(2)5-4-12(25)7-13(11)19/h4-5,7,11,14-17,24,26-27,29H,6,8-10H2,1-3H3/t11?,14-,15-,16+,17-,19-,20-,21-,22?/m0/s1. The zero-order chi connectivity index (χ0) is 21.6. The maximum atomic E-state index is 17.0. The number of halogens is 1. The number of hydrogen-bond acceptors (Lipinski definition) is 6. The van der Waals surface area contributed by atoms with E-state index in [1.165, 1.54) is 18.2 Å². The molecule has 0 radical (unpaired) electrons. The molecule has 0 aromatic heterocycles. The molecule has 29 heavy (non-hydrogen) atoms. The number of carbonyl (C=O) groups excluding carboxylic acids is 2. The van der Waals surface area contributed by atoms with Crippen molar-refractivity contribution in [3.63, 3.8) is 0 Å². The Kier molecular flexibility index (Phi) is 4.36. The Balaban J connectivity index is 1.87. The van der Waals surface area contributed by atoms with Gasteiger partial charge in [-0.1, -0.05) is 25.5 Å². The van der Waals surface area contributed by atoms with E-state index in [-0.39, 0.29) is 24.5 Å². The normalized spacial score (nSPS) is 53.7.